The lowest BCUT2D eigenvalue weighted by molar-refractivity contribution is -0.920. The lowest BCUT2D eigenvalue weighted by Gasteiger charge is -2.27. The smallest absolute Gasteiger partial charge is 0.271 e. The Morgan fingerprint density at radius 2 is 2.05 bits per heavy atom. The summed E-state index contributed by atoms with van der Waals surface area (Å²) in [6.45, 7) is 4.96. The normalized spacial score (nSPS) is 22.2. The molecule has 0 bridgehead atoms. The van der Waals surface area contributed by atoms with Crippen LogP contribution in [-0.4, -0.2) is 28.3 Å². The van der Waals surface area contributed by atoms with Crippen LogP contribution in [0.3, 0.4) is 0 Å². The Morgan fingerprint density at radius 3 is 2.77 bits per heavy atom. The predicted molar refractivity (Wildman–Crippen MR) is 85.0 cm³/mol. The molecule has 22 heavy (non-hydrogen) atoms. The summed E-state index contributed by atoms with van der Waals surface area (Å²) < 4.78 is 6.78. The van der Waals surface area contributed by atoms with Crippen molar-refractivity contribution in [3.8, 4) is 0 Å². The molecule has 5 nitrogen and oxygen atoms in total. The van der Waals surface area contributed by atoms with Crippen LogP contribution in [0.4, 0.5) is 0 Å². The summed E-state index contributed by atoms with van der Waals surface area (Å²) in [5.41, 5.74) is 1.14. The van der Waals surface area contributed by atoms with E-state index in [0.29, 0.717) is 11.8 Å². The summed E-state index contributed by atoms with van der Waals surface area (Å²) in [7, 11) is 0. The molecular formula is C16H19N4OS+. The van der Waals surface area contributed by atoms with E-state index in [1.54, 1.807) is 0 Å². The summed E-state index contributed by atoms with van der Waals surface area (Å²) in [6, 6.07) is 8.41. The van der Waals surface area contributed by atoms with Crippen LogP contribution in [0.1, 0.15) is 35.5 Å². The molecule has 0 unspecified atom stereocenters. The number of quaternary nitrogens is 1. The topological polar surface area (TPSA) is 56.2 Å². The molecule has 0 atom stereocenters. The van der Waals surface area contributed by atoms with Crippen LogP contribution in [0, 0.1) is 6.92 Å². The van der Waals surface area contributed by atoms with Crippen LogP contribution in [-0.2, 0) is 6.54 Å². The van der Waals surface area contributed by atoms with Crippen LogP contribution in [0.25, 0.3) is 10.2 Å². The van der Waals surface area contributed by atoms with Gasteiger partial charge in [-0.2, -0.15) is 0 Å². The van der Waals surface area contributed by atoms with Crippen LogP contribution >= 0.6 is 11.3 Å². The van der Waals surface area contributed by atoms with Gasteiger partial charge in [-0.05, 0) is 12.1 Å². The van der Waals surface area contributed by atoms with Crippen molar-refractivity contribution in [1.29, 1.82) is 0 Å². The number of fused-ring (bicyclic) bond motifs is 1. The Labute approximate surface area is 133 Å². The zero-order chi connectivity index (χ0) is 14.9. The molecule has 1 aliphatic rings. The number of hydrogen-bond acceptors (Lipinski definition) is 5. The lowest BCUT2D eigenvalue weighted by Crippen LogP contribution is -3.11. The molecule has 1 fully saturated rings. The molecule has 1 saturated heterocycles. The SMILES string of the molecule is Cc1nnc(C[NH+]2CCC(c3nc4ccccc4s3)CC2)o1. The monoisotopic (exact) mass is 315 g/mol. The van der Waals surface area contributed by atoms with Crippen molar-refractivity contribution in [3.63, 3.8) is 0 Å². The largest absolute Gasteiger partial charge is 0.420 e. The highest BCUT2D eigenvalue weighted by Gasteiger charge is 2.26. The van der Waals surface area contributed by atoms with Gasteiger partial charge in [-0.15, -0.1) is 21.5 Å². The zero-order valence-corrected chi connectivity index (χ0v) is 13.4. The lowest BCUT2D eigenvalue weighted by atomic mass is 9.97. The van der Waals surface area contributed by atoms with E-state index in [1.165, 1.54) is 27.4 Å². The van der Waals surface area contributed by atoms with Crippen LogP contribution in [0.15, 0.2) is 28.7 Å². The second kappa shape index (κ2) is 5.78. The highest BCUT2D eigenvalue weighted by atomic mass is 32.1. The molecule has 2 aromatic heterocycles. The number of nitrogens with one attached hydrogen (secondary N) is 1. The minimum absolute atomic E-state index is 0.602. The van der Waals surface area contributed by atoms with E-state index in [-0.39, 0.29) is 0 Å². The summed E-state index contributed by atoms with van der Waals surface area (Å²) in [6.07, 6.45) is 2.37. The van der Waals surface area contributed by atoms with Crippen molar-refractivity contribution in [2.45, 2.75) is 32.2 Å². The highest BCUT2D eigenvalue weighted by molar-refractivity contribution is 7.18. The second-order valence-corrected chi connectivity index (χ2v) is 7.00. The second-order valence-electron chi connectivity index (χ2n) is 5.94. The number of aromatic nitrogens is 3. The first-order chi connectivity index (χ1) is 10.8. The Hall–Kier alpha value is -1.79. The molecule has 1 aromatic carbocycles. The number of para-hydroxylation sites is 1. The van der Waals surface area contributed by atoms with Crippen LogP contribution in [0.2, 0.25) is 0 Å². The maximum atomic E-state index is 5.48. The van der Waals surface area contributed by atoms with Gasteiger partial charge in [0, 0.05) is 25.7 Å². The average Bonchev–Trinajstić information content (AvgIpc) is 3.14. The summed E-state index contributed by atoms with van der Waals surface area (Å²) in [5, 5.41) is 9.30. The Kier molecular flexibility index (Phi) is 3.63. The van der Waals surface area contributed by atoms with Gasteiger partial charge in [-0.3, -0.25) is 0 Å². The minimum atomic E-state index is 0.602. The number of nitrogens with zero attached hydrogens (tertiary/aromatic N) is 3. The van der Waals surface area contributed by atoms with Crippen molar-refractivity contribution in [2.24, 2.45) is 0 Å². The van der Waals surface area contributed by atoms with Crippen molar-refractivity contribution in [1.82, 2.24) is 15.2 Å². The van der Waals surface area contributed by atoms with E-state index < -0.39 is 0 Å². The third-order valence-corrected chi connectivity index (χ3v) is 5.52. The molecule has 4 rings (SSSR count). The van der Waals surface area contributed by atoms with E-state index in [2.05, 4.69) is 34.5 Å². The van der Waals surface area contributed by atoms with Gasteiger partial charge in [0.2, 0.25) is 5.89 Å². The molecular weight excluding hydrogens is 296 g/mol. The first-order valence-electron chi connectivity index (χ1n) is 7.76. The number of likely N-dealkylation sites (tertiary alicyclic amines) is 1. The van der Waals surface area contributed by atoms with Gasteiger partial charge in [0.1, 0.15) is 0 Å². The van der Waals surface area contributed by atoms with Crippen molar-refractivity contribution >= 4 is 21.6 Å². The molecule has 114 valence electrons. The fraction of sp³-hybridized carbons (Fsp3) is 0.438. The first-order valence-corrected chi connectivity index (χ1v) is 8.57. The molecule has 0 amide bonds. The molecule has 6 heteroatoms. The van der Waals surface area contributed by atoms with E-state index in [0.717, 1.165) is 31.0 Å². The Bertz CT molecular complexity index is 740. The third kappa shape index (κ3) is 2.76. The number of benzene rings is 1. The maximum Gasteiger partial charge on any atom is 0.271 e. The van der Waals surface area contributed by atoms with Crippen LogP contribution in [0.5, 0.6) is 0 Å². The quantitative estimate of drug-likeness (QED) is 0.802. The summed E-state index contributed by atoms with van der Waals surface area (Å²) >= 11 is 1.85. The highest BCUT2D eigenvalue weighted by Crippen LogP contribution is 2.31. The fourth-order valence-electron chi connectivity index (χ4n) is 3.14. The van der Waals surface area contributed by atoms with Gasteiger partial charge in [-0.1, -0.05) is 12.1 Å². The molecule has 3 aromatic rings. The number of aryl methyl sites for hydroxylation is 1. The fourth-order valence-corrected chi connectivity index (χ4v) is 4.27. The van der Waals surface area contributed by atoms with Gasteiger partial charge >= 0.3 is 0 Å². The molecule has 1 aliphatic heterocycles. The summed E-state index contributed by atoms with van der Waals surface area (Å²) in [4.78, 5) is 6.35. The Morgan fingerprint density at radius 1 is 1.23 bits per heavy atom. The van der Waals surface area contributed by atoms with Gasteiger partial charge in [0.05, 0.1) is 28.3 Å². The maximum absolute atomic E-state index is 5.48. The van der Waals surface area contributed by atoms with E-state index in [4.69, 9.17) is 9.40 Å². The Balaban J connectivity index is 1.40. The van der Waals surface area contributed by atoms with E-state index in [1.807, 2.05) is 18.3 Å². The molecule has 1 N–H and O–H groups in total. The van der Waals surface area contributed by atoms with Gasteiger partial charge < -0.3 is 9.32 Å². The predicted octanol–water partition coefficient (Wildman–Crippen LogP) is 1.95. The molecule has 0 saturated carbocycles. The average molecular weight is 315 g/mol. The standard InChI is InChI=1S/C16H18N4OS/c1-11-18-19-15(21-11)10-20-8-6-12(7-9-20)16-17-13-4-2-3-5-14(13)22-16/h2-5,12H,6-10H2,1H3/p+1. The molecule has 3 heterocycles. The minimum Gasteiger partial charge on any atom is -0.420 e. The van der Waals surface area contributed by atoms with Gasteiger partial charge in [-0.25, -0.2) is 4.98 Å². The van der Waals surface area contributed by atoms with E-state index in [9.17, 15) is 0 Å². The number of thiazole rings is 1. The van der Waals surface area contributed by atoms with Gasteiger partial charge in [0.15, 0.2) is 6.54 Å². The number of rotatable bonds is 3. The van der Waals surface area contributed by atoms with Crippen LogP contribution < -0.4 is 4.90 Å². The van der Waals surface area contributed by atoms with Gasteiger partial charge in [0.25, 0.3) is 5.89 Å². The molecule has 0 radical (unpaired) electrons. The summed E-state index contributed by atoms with van der Waals surface area (Å²) in [5.74, 6) is 2.01. The first kappa shape index (κ1) is 13.8. The molecule has 0 spiro atoms. The van der Waals surface area contributed by atoms with Crippen molar-refractivity contribution < 1.29 is 9.32 Å². The molecule has 0 aliphatic carbocycles. The third-order valence-electron chi connectivity index (χ3n) is 4.32. The number of hydrogen-bond donors (Lipinski definition) is 1. The van der Waals surface area contributed by atoms with Crippen molar-refractivity contribution in [2.75, 3.05) is 13.1 Å². The van der Waals surface area contributed by atoms with Crippen molar-refractivity contribution in [3.05, 3.63) is 41.1 Å². The van der Waals surface area contributed by atoms with E-state index >= 15 is 0 Å². The number of piperidine rings is 1. The zero-order valence-electron chi connectivity index (χ0n) is 12.6.